The van der Waals surface area contributed by atoms with Crippen LogP contribution < -0.4 is 5.32 Å². The molecule has 0 bridgehead atoms. The SMILES string of the molecule is O=C(Nc1ccc(Cl)cc1-c1nc2ccccc2[nH]1)C1CCOCC1. The number of aromatic amines is 1. The van der Waals surface area contributed by atoms with Gasteiger partial charge in [0.2, 0.25) is 5.91 Å². The van der Waals surface area contributed by atoms with E-state index < -0.39 is 0 Å². The van der Waals surface area contributed by atoms with E-state index in [1.807, 2.05) is 36.4 Å². The van der Waals surface area contributed by atoms with Crippen LogP contribution in [0.4, 0.5) is 5.69 Å². The molecule has 1 aromatic heterocycles. The second kappa shape index (κ2) is 6.86. The van der Waals surface area contributed by atoms with Gasteiger partial charge in [0.25, 0.3) is 0 Å². The Labute approximate surface area is 150 Å². The fourth-order valence-electron chi connectivity index (χ4n) is 3.10. The summed E-state index contributed by atoms with van der Waals surface area (Å²) in [6.07, 6.45) is 1.50. The van der Waals surface area contributed by atoms with Crippen molar-refractivity contribution in [1.29, 1.82) is 0 Å². The van der Waals surface area contributed by atoms with Gasteiger partial charge < -0.3 is 15.0 Å². The first-order chi connectivity index (χ1) is 12.2. The van der Waals surface area contributed by atoms with Gasteiger partial charge in [-0.25, -0.2) is 4.98 Å². The number of carbonyl (C=O) groups is 1. The number of H-pyrrole nitrogens is 1. The zero-order valence-electron chi connectivity index (χ0n) is 13.6. The molecule has 25 heavy (non-hydrogen) atoms. The minimum Gasteiger partial charge on any atom is -0.381 e. The second-order valence-corrected chi connectivity index (χ2v) is 6.60. The number of nitrogens with one attached hydrogen (secondary N) is 2. The number of carbonyl (C=O) groups excluding carboxylic acids is 1. The molecule has 1 fully saturated rings. The second-order valence-electron chi connectivity index (χ2n) is 6.17. The largest absolute Gasteiger partial charge is 0.381 e. The lowest BCUT2D eigenvalue weighted by atomic mass is 9.99. The highest BCUT2D eigenvalue weighted by Gasteiger charge is 2.23. The predicted molar refractivity (Wildman–Crippen MR) is 98.7 cm³/mol. The normalized spacial score (nSPS) is 15.4. The maximum atomic E-state index is 12.6. The molecule has 0 unspecified atom stereocenters. The van der Waals surface area contributed by atoms with E-state index in [2.05, 4.69) is 15.3 Å². The predicted octanol–water partition coefficient (Wildman–Crippen LogP) is 4.25. The van der Waals surface area contributed by atoms with Crippen LogP contribution in [0.2, 0.25) is 5.02 Å². The van der Waals surface area contributed by atoms with Crippen LogP contribution in [0.5, 0.6) is 0 Å². The minimum absolute atomic E-state index is 0.0167. The summed E-state index contributed by atoms with van der Waals surface area (Å²) in [5.74, 6) is 0.682. The first-order valence-corrected chi connectivity index (χ1v) is 8.72. The van der Waals surface area contributed by atoms with E-state index >= 15 is 0 Å². The summed E-state index contributed by atoms with van der Waals surface area (Å²) in [5.41, 5.74) is 3.31. The third-order valence-corrected chi connectivity index (χ3v) is 4.71. The van der Waals surface area contributed by atoms with Crippen molar-refractivity contribution in [2.45, 2.75) is 12.8 Å². The molecular formula is C19H18ClN3O2. The topological polar surface area (TPSA) is 67.0 Å². The fourth-order valence-corrected chi connectivity index (χ4v) is 3.27. The highest BCUT2D eigenvalue weighted by Crippen LogP contribution is 2.31. The van der Waals surface area contributed by atoms with Crippen molar-refractivity contribution in [2.75, 3.05) is 18.5 Å². The van der Waals surface area contributed by atoms with Gasteiger partial charge in [-0.3, -0.25) is 4.79 Å². The van der Waals surface area contributed by atoms with Crippen molar-refractivity contribution in [3.63, 3.8) is 0 Å². The summed E-state index contributed by atoms with van der Waals surface area (Å²) >= 11 is 6.18. The number of nitrogens with zero attached hydrogens (tertiary/aromatic N) is 1. The van der Waals surface area contributed by atoms with Crippen LogP contribution in [0.1, 0.15) is 12.8 Å². The van der Waals surface area contributed by atoms with E-state index in [1.165, 1.54) is 0 Å². The van der Waals surface area contributed by atoms with Crippen molar-refractivity contribution in [3.05, 3.63) is 47.5 Å². The quantitative estimate of drug-likeness (QED) is 0.738. The molecule has 0 aliphatic carbocycles. The highest BCUT2D eigenvalue weighted by atomic mass is 35.5. The first-order valence-electron chi connectivity index (χ1n) is 8.34. The molecule has 2 aromatic carbocycles. The molecule has 0 spiro atoms. The van der Waals surface area contributed by atoms with Gasteiger partial charge in [-0.1, -0.05) is 23.7 Å². The number of hydrogen-bond donors (Lipinski definition) is 2. The van der Waals surface area contributed by atoms with Crippen molar-refractivity contribution in [3.8, 4) is 11.4 Å². The number of rotatable bonds is 3. The summed E-state index contributed by atoms with van der Waals surface area (Å²) in [5, 5.41) is 3.63. The lowest BCUT2D eigenvalue weighted by Crippen LogP contribution is -2.28. The Morgan fingerprint density at radius 3 is 2.80 bits per heavy atom. The van der Waals surface area contributed by atoms with Gasteiger partial charge in [-0.05, 0) is 43.2 Å². The van der Waals surface area contributed by atoms with Crippen LogP contribution in [-0.2, 0) is 9.53 Å². The standard InChI is InChI=1S/C19H18ClN3O2/c20-13-5-6-15(23-19(24)12-7-9-25-10-8-12)14(11-13)18-21-16-3-1-2-4-17(16)22-18/h1-6,11-12H,7-10H2,(H,21,22)(H,23,24). The van der Waals surface area contributed by atoms with Crippen molar-refractivity contribution >= 4 is 34.2 Å². The van der Waals surface area contributed by atoms with Crippen molar-refractivity contribution < 1.29 is 9.53 Å². The van der Waals surface area contributed by atoms with Crippen LogP contribution in [0, 0.1) is 5.92 Å². The first kappa shape index (κ1) is 16.1. The zero-order chi connectivity index (χ0) is 17.2. The summed E-state index contributed by atoms with van der Waals surface area (Å²) in [4.78, 5) is 20.5. The number of aromatic nitrogens is 2. The van der Waals surface area contributed by atoms with E-state index in [-0.39, 0.29) is 11.8 Å². The Kier molecular flexibility index (Phi) is 4.42. The summed E-state index contributed by atoms with van der Waals surface area (Å²) < 4.78 is 5.33. The van der Waals surface area contributed by atoms with E-state index in [9.17, 15) is 4.79 Å². The number of halogens is 1. The van der Waals surface area contributed by atoms with Gasteiger partial charge in [0.15, 0.2) is 0 Å². The third-order valence-electron chi connectivity index (χ3n) is 4.48. The van der Waals surface area contributed by atoms with Crippen molar-refractivity contribution in [1.82, 2.24) is 9.97 Å². The number of anilines is 1. The molecule has 1 amide bonds. The number of para-hydroxylation sites is 2. The smallest absolute Gasteiger partial charge is 0.227 e. The lowest BCUT2D eigenvalue weighted by Gasteiger charge is -2.21. The lowest BCUT2D eigenvalue weighted by molar-refractivity contribution is -0.122. The van der Waals surface area contributed by atoms with Gasteiger partial charge in [-0.15, -0.1) is 0 Å². The molecule has 1 aliphatic rings. The molecule has 1 saturated heterocycles. The van der Waals surface area contributed by atoms with E-state index in [0.29, 0.717) is 29.7 Å². The van der Waals surface area contributed by atoms with Crippen molar-refractivity contribution in [2.24, 2.45) is 5.92 Å². The molecule has 2 heterocycles. The number of hydrogen-bond acceptors (Lipinski definition) is 3. The van der Waals surface area contributed by atoms with Crippen LogP contribution >= 0.6 is 11.6 Å². The van der Waals surface area contributed by atoms with Gasteiger partial charge in [0.1, 0.15) is 5.82 Å². The Morgan fingerprint density at radius 1 is 1.20 bits per heavy atom. The van der Waals surface area contributed by atoms with Crippen LogP contribution in [0.25, 0.3) is 22.4 Å². The van der Waals surface area contributed by atoms with E-state index in [4.69, 9.17) is 16.3 Å². The molecule has 4 rings (SSSR count). The highest BCUT2D eigenvalue weighted by molar-refractivity contribution is 6.31. The third kappa shape index (κ3) is 3.38. The van der Waals surface area contributed by atoms with Gasteiger partial charge >= 0.3 is 0 Å². The molecule has 6 heteroatoms. The van der Waals surface area contributed by atoms with E-state index in [0.717, 1.165) is 29.4 Å². The molecule has 5 nitrogen and oxygen atoms in total. The number of imidazole rings is 1. The Bertz CT molecular complexity index is 883. The molecule has 128 valence electrons. The summed E-state index contributed by atoms with van der Waals surface area (Å²) in [6, 6.07) is 13.2. The van der Waals surface area contributed by atoms with E-state index in [1.54, 1.807) is 6.07 Å². The molecule has 3 aromatic rings. The number of amides is 1. The average molecular weight is 356 g/mol. The maximum Gasteiger partial charge on any atom is 0.227 e. The number of fused-ring (bicyclic) bond motifs is 1. The van der Waals surface area contributed by atoms with Crippen LogP contribution in [-0.4, -0.2) is 29.1 Å². The Morgan fingerprint density at radius 2 is 2.00 bits per heavy atom. The Hall–Kier alpha value is -2.37. The average Bonchev–Trinajstić information content (AvgIpc) is 3.08. The van der Waals surface area contributed by atoms with Gasteiger partial charge in [0, 0.05) is 29.7 Å². The molecule has 2 N–H and O–H groups in total. The number of ether oxygens (including phenoxy) is 1. The fraction of sp³-hybridized carbons (Fsp3) is 0.263. The maximum absolute atomic E-state index is 12.6. The molecular weight excluding hydrogens is 338 g/mol. The molecule has 1 aliphatic heterocycles. The Balaban J connectivity index is 1.67. The minimum atomic E-state index is -0.0204. The molecule has 0 radical (unpaired) electrons. The summed E-state index contributed by atoms with van der Waals surface area (Å²) in [7, 11) is 0. The van der Waals surface area contributed by atoms with Gasteiger partial charge in [-0.2, -0.15) is 0 Å². The number of benzene rings is 2. The van der Waals surface area contributed by atoms with Crippen LogP contribution in [0.15, 0.2) is 42.5 Å². The zero-order valence-corrected chi connectivity index (χ0v) is 14.3. The van der Waals surface area contributed by atoms with Gasteiger partial charge in [0.05, 0.1) is 16.7 Å². The van der Waals surface area contributed by atoms with Crippen LogP contribution in [0.3, 0.4) is 0 Å². The molecule has 0 atom stereocenters. The molecule has 0 saturated carbocycles. The summed E-state index contributed by atoms with van der Waals surface area (Å²) in [6.45, 7) is 1.27. The monoisotopic (exact) mass is 355 g/mol.